The summed E-state index contributed by atoms with van der Waals surface area (Å²) in [5.41, 5.74) is 5.99. The van der Waals surface area contributed by atoms with E-state index in [0.29, 0.717) is 13.2 Å². The van der Waals surface area contributed by atoms with Gasteiger partial charge in [0.05, 0.1) is 12.8 Å². The summed E-state index contributed by atoms with van der Waals surface area (Å²) in [6.07, 6.45) is 1.75. The van der Waals surface area contributed by atoms with Crippen molar-refractivity contribution in [3.05, 3.63) is 100 Å². The topological polar surface area (TPSA) is 33.6 Å². The van der Waals surface area contributed by atoms with E-state index in [9.17, 15) is 4.39 Å². The molecule has 0 heterocycles. The number of rotatable bonds is 7. The number of hydrogen-bond donors (Lipinski definition) is 1. The van der Waals surface area contributed by atoms with Crippen molar-refractivity contribution in [1.29, 1.82) is 0 Å². The van der Waals surface area contributed by atoms with Gasteiger partial charge < -0.3 is 10.2 Å². The average Bonchev–Trinajstić information content (AvgIpc) is 2.67. The molecular formula is C21H18ClFN2O. The largest absolute Gasteiger partial charge is 0.489 e. The van der Waals surface area contributed by atoms with Gasteiger partial charge in [-0.1, -0.05) is 35.9 Å². The molecule has 5 heteroatoms. The fraction of sp³-hybridized carbons (Fsp3) is 0.0952. The number of nitrogens with zero attached hydrogens (tertiary/aromatic N) is 1. The highest BCUT2D eigenvalue weighted by molar-refractivity contribution is 6.30. The van der Waals surface area contributed by atoms with Crippen molar-refractivity contribution in [3.8, 4) is 5.75 Å². The van der Waals surface area contributed by atoms with Gasteiger partial charge in [0.15, 0.2) is 0 Å². The van der Waals surface area contributed by atoms with Crippen molar-refractivity contribution in [1.82, 2.24) is 5.43 Å². The zero-order valence-electron chi connectivity index (χ0n) is 14.0. The molecule has 0 amide bonds. The fourth-order valence-electron chi connectivity index (χ4n) is 2.26. The van der Waals surface area contributed by atoms with Gasteiger partial charge in [-0.05, 0) is 65.2 Å². The maximum absolute atomic E-state index is 12.9. The van der Waals surface area contributed by atoms with Crippen LogP contribution >= 0.6 is 11.6 Å². The normalized spacial score (nSPS) is 10.8. The molecular weight excluding hydrogens is 351 g/mol. The zero-order chi connectivity index (χ0) is 18.2. The minimum Gasteiger partial charge on any atom is -0.489 e. The van der Waals surface area contributed by atoms with Crippen LogP contribution in [0.2, 0.25) is 5.02 Å². The van der Waals surface area contributed by atoms with Crippen LogP contribution in [-0.2, 0) is 13.2 Å². The summed E-state index contributed by atoms with van der Waals surface area (Å²) in [5, 5.41) is 4.93. The third kappa shape index (κ3) is 5.60. The maximum atomic E-state index is 12.9. The van der Waals surface area contributed by atoms with E-state index in [0.717, 1.165) is 27.5 Å². The van der Waals surface area contributed by atoms with Crippen LogP contribution in [0.15, 0.2) is 77.9 Å². The van der Waals surface area contributed by atoms with E-state index < -0.39 is 0 Å². The van der Waals surface area contributed by atoms with Crippen LogP contribution in [0.25, 0.3) is 0 Å². The first-order valence-corrected chi connectivity index (χ1v) is 8.54. The molecule has 3 aromatic carbocycles. The molecule has 3 aromatic rings. The Bertz CT molecular complexity index is 847. The predicted octanol–water partition coefficient (Wildman–Crippen LogP) is 5.18. The van der Waals surface area contributed by atoms with E-state index in [2.05, 4.69) is 10.5 Å². The number of benzene rings is 3. The molecule has 0 bridgehead atoms. The molecule has 1 N–H and O–H groups in total. The van der Waals surface area contributed by atoms with E-state index in [1.54, 1.807) is 18.3 Å². The van der Waals surface area contributed by atoms with Gasteiger partial charge in [0.2, 0.25) is 0 Å². The summed E-state index contributed by atoms with van der Waals surface area (Å²) in [7, 11) is 0. The van der Waals surface area contributed by atoms with Crippen LogP contribution < -0.4 is 10.2 Å². The molecule has 0 radical (unpaired) electrons. The second-order valence-electron chi connectivity index (χ2n) is 5.70. The van der Waals surface area contributed by atoms with Gasteiger partial charge in [-0.3, -0.25) is 0 Å². The smallest absolute Gasteiger partial charge is 0.123 e. The summed E-state index contributed by atoms with van der Waals surface area (Å²) >= 11 is 5.85. The molecule has 0 spiro atoms. The van der Waals surface area contributed by atoms with Crippen LogP contribution in [0.4, 0.5) is 4.39 Å². The lowest BCUT2D eigenvalue weighted by atomic mass is 10.2. The molecule has 0 aliphatic heterocycles. The lowest BCUT2D eigenvalue weighted by molar-refractivity contribution is 0.306. The predicted molar refractivity (Wildman–Crippen MR) is 103 cm³/mol. The van der Waals surface area contributed by atoms with Crippen LogP contribution in [0, 0.1) is 5.82 Å². The number of hydrazone groups is 1. The Morgan fingerprint density at radius 3 is 2.23 bits per heavy atom. The van der Waals surface area contributed by atoms with Crippen molar-refractivity contribution in [3.63, 3.8) is 0 Å². The Balaban J connectivity index is 1.46. The summed E-state index contributed by atoms with van der Waals surface area (Å²) in [5.74, 6) is 0.502. The van der Waals surface area contributed by atoms with Crippen molar-refractivity contribution < 1.29 is 9.13 Å². The van der Waals surface area contributed by atoms with Gasteiger partial charge in [0.25, 0.3) is 0 Å². The lowest BCUT2D eigenvalue weighted by Crippen LogP contribution is -2.05. The summed E-state index contributed by atoms with van der Waals surface area (Å²) in [6.45, 7) is 1.03. The molecule has 3 nitrogen and oxygen atoms in total. The summed E-state index contributed by atoms with van der Waals surface area (Å²) in [4.78, 5) is 0. The number of nitrogens with one attached hydrogen (secondary N) is 1. The van der Waals surface area contributed by atoms with Crippen molar-refractivity contribution >= 4 is 17.8 Å². The standard InChI is InChI=1S/C21H18ClFN2O/c22-19-7-1-16(2-8-19)13-24-25-14-17-5-11-21(12-6-17)26-15-18-3-9-20(23)10-4-18/h1-12,14,24H,13,15H2/b25-14-. The number of halogens is 2. The number of hydrogen-bond acceptors (Lipinski definition) is 3. The summed E-state index contributed by atoms with van der Waals surface area (Å²) in [6, 6.07) is 21.5. The molecule has 0 unspecified atom stereocenters. The molecule has 0 fully saturated rings. The molecule has 0 atom stereocenters. The lowest BCUT2D eigenvalue weighted by Gasteiger charge is -2.06. The fourth-order valence-corrected chi connectivity index (χ4v) is 2.38. The third-order valence-electron chi connectivity index (χ3n) is 3.70. The Hall–Kier alpha value is -2.85. The van der Waals surface area contributed by atoms with Crippen LogP contribution in [-0.4, -0.2) is 6.21 Å². The Morgan fingerprint density at radius 1 is 0.885 bits per heavy atom. The summed E-state index contributed by atoms with van der Waals surface area (Å²) < 4.78 is 18.6. The van der Waals surface area contributed by atoms with Gasteiger partial charge in [-0.2, -0.15) is 5.10 Å². The van der Waals surface area contributed by atoms with Crippen molar-refractivity contribution in [2.45, 2.75) is 13.2 Å². The molecule has 0 saturated carbocycles. The van der Waals surface area contributed by atoms with Gasteiger partial charge in [-0.15, -0.1) is 0 Å². The molecule has 0 aromatic heterocycles. The maximum Gasteiger partial charge on any atom is 0.123 e. The molecule has 132 valence electrons. The van der Waals surface area contributed by atoms with E-state index in [1.807, 2.05) is 48.5 Å². The second kappa shape index (κ2) is 9.02. The SMILES string of the molecule is Fc1ccc(COc2ccc(/C=N\NCc3ccc(Cl)cc3)cc2)cc1. The van der Waals surface area contributed by atoms with E-state index >= 15 is 0 Å². The quantitative estimate of drug-likeness (QED) is 0.460. The highest BCUT2D eigenvalue weighted by Crippen LogP contribution is 2.14. The van der Waals surface area contributed by atoms with E-state index in [1.165, 1.54) is 12.1 Å². The first-order chi connectivity index (χ1) is 12.7. The zero-order valence-corrected chi connectivity index (χ0v) is 14.8. The van der Waals surface area contributed by atoms with E-state index in [4.69, 9.17) is 16.3 Å². The van der Waals surface area contributed by atoms with Crippen LogP contribution in [0.5, 0.6) is 5.75 Å². The minimum atomic E-state index is -0.248. The second-order valence-corrected chi connectivity index (χ2v) is 6.14. The Morgan fingerprint density at radius 2 is 1.54 bits per heavy atom. The van der Waals surface area contributed by atoms with E-state index in [-0.39, 0.29) is 5.82 Å². The molecule has 0 aliphatic rings. The third-order valence-corrected chi connectivity index (χ3v) is 3.95. The Labute approximate surface area is 157 Å². The average molecular weight is 369 g/mol. The van der Waals surface area contributed by atoms with Gasteiger partial charge >= 0.3 is 0 Å². The molecule has 0 saturated heterocycles. The van der Waals surface area contributed by atoms with Crippen LogP contribution in [0.1, 0.15) is 16.7 Å². The van der Waals surface area contributed by atoms with Crippen molar-refractivity contribution in [2.75, 3.05) is 0 Å². The first-order valence-electron chi connectivity index (χ1n) is 8.17. The van der Waals surface area contributed by atoms with Gasteiger partial charge in [0.1, 0.15) is 18.2 Å². The highest BCUT2D eigenvalue weighted by atomic mass is 35.5. The number of ether oxygens (including phenoxy) is 1. The van der Waals surface area contributed by atoms with Gasteiger partial charge in [-0.25, -0.2) is 4.39 Å². The molecule has 26 heavy (non-hydrogen) atoms. The molecule has 3 rings (SSSR count). The minimum absolute atomic E-state index is 0.248. The first kappa shape index (κ1) is 18.0. The van der Waals surface area contributed by atoms with Crippen LogP contribution in [0.3, 0.4) is 0 Å². The van der Waals surface area contributed by atoms with Crippen molar-refractivity contribution in [2.24, 2.45) is 5.10 Å². The Kier molecular flexibility index (Phi) is 6.23. The van der Waals surface area contributed by atoms with Gasteiger partial charge in [0, 0.05) is 5.02 Å². The highest BCUT2D eigenvalue weighted by Gasteiger charge is 1.97. The monoisotopic (exact) mass is 368 g/mol. The molecule has 0 aliphatic carbocycles.